The summed E-state index contributed by atoms with van der Waals surface area (Å²) in [5.41, 5.74) is 0. The van der Waals surface area contributed by atoms with E-state index in [9.17, 15) is 2.86 Å². The Balaban J connectivity index is 3.01. The van der Waals surface area contributed by atoms with E-state index in [0.717, 1.165) is 0 Å². The molecule has 0 aliphatic rings. The maximum atomic E-state index is 12.0. The van der Waals surface area contributed by atoms with E-state index < -0.39 is 21.8 Å². The van der Waals surface area contributed by atoms with Crippen LogP contribution in [0.2, 0.25) is 5.02 Å². The summed E-state index contributed by atoms with van der Waals surface area (Å²) in [5.74, 6) is 0. The summed E-state index contributed by atoms with van der Waals surface area (Å²) in [6, 6.07) is 7.01. The van der Waals surface area contributed by atoms with Gasteiger partial charge in [0.2, 0.25) is 0 Å². The number of hydrogen-bond acceptors (Lipinski definition) is 0. The third kappa shape index (κ3) is 1.79. The number of benzene rings is 1. The summed E-state index contributed by atoms with van der Waals surface area (Å²) >= 11 is 4.27. The average Bonchev–Trinajstić information content (AvgIpc) is 1.89. The molecule has 0 atom stereocenters. The minimum atomic E-state index is -1.34. The second kappa shape index (κ2) is 3.37. The fourth-order valence-electron chi connectivity index (χ4n) is 0.497. The van der Waals surface area contributed by atoms with E-state index >= 15 is 0 Å². The van der Waals surface area contributed by atoms with Crippen molar-refractivity contribution in [3.8, 4) is 0 Å². The predicted octanol–water partition coefficient (Wildman–Crippen LogP) is -0.517. The summed E-state index contributed by atoms with van der Waals surface area (Å²) < 4.78 is 12.7. The van der Waals surface area contributed by atoms with Crippen molar-refractivity contribution in [3.63, 3.8) is 0 Å². The Hall–Kier alpha value is 0.170. The molecule has 0 aromatic heterocycles. The Kier molecular flexibility index (Phi) is 2.72. The first-order chi connectivity index (χ1) is 4.34. The zero-order valence-electron chi connectivity index (χ0n) is 4.44. The van der Waals surface area contributed by atoms with E-state index in [1.807, 2.05) is 0 Å². The minimum absolute atomic E-state index is 0.549. The first-order valence-corrected chi connectivity index (χ1v) is 4.62. The second-order valence-electron chi connectivity index (χ2n) is 1.49. The van der Waals surface area contributed by atoms with E-state index in [1.165, 1.54) is 0 Å². The van der Waals surface area contributed by atoms with Gasteiger partial charge < -0.3 is 0 Å². The van der Waals surface area contributed by atoms with Gasteiger partial charge in [-0.2, -0.15) is 0 Å². The van der Waals surface area contributed by atoms with E-state index in [1.54, 1.807) is 24.3 Å². The van der Waals surface area contributed by atoms with Gasteiger partial charge in [0.15, 0.2) is 0 Å². The molecule has 0 fully saturated rings. The molecule has 9 heavy (non-hydrogen) atoms. The third-order valence-electron chi connectivity index (χ3n) is 0.901. The molecule has 50 valence electrons. The van der Waals surface area contributed by atoms with Crippen LogP contribution in [-0.2, 0) is 0 Å². The van der Waals surface area contributed by atoms with Crippen molar-refractivity contribution in [1.82, 2.24) is 0 Å². The Morgan fingerprint density at radius 1 is 1.33 bits per heavy atom. The van der Waals surface area contributed by atoms with Crippen LogP contribution in [-0.4, -0.2) is 0 Å². The van der Waals surface area contributed by atoms with Gasteiger partial charge in [0.05, 0.1) is 0 Å². The number of hydrogen-bond donors (Lipinski definition) is 0. The summed E-state index contributed by atoms with van der Waals surface area (Å²) in [6.07, 6.45) is 0. The second-order valence-corrected chi connectivity index (χ2v) is 3.46. The molecule has 0 amide bonds. The van der Waals surface area contributed by atoms with Crippen molar-refractivity contribution in [2.45, 2.75) is 0 Å². The summed E-state index contributed by atoms with van der Waals surface area (Å²) in [7, 11) is 0. The van der Waals surface area contributed by atoms with Gasteiger partial charge in [-0.15, -0.1) is 0 Å². The molecule has 0 unspecified atom stereocenters. The van der Waals surface area contributed by atoms with E-state index in [4.69, 9.17) is 11.6 Å². The number of halogens is 3. The SMILES string of the molecule is F[I-]c1ccccc1Cl. The molecule has 0 heterocycles. The van der Waals surface area contributed by atoms with Crippen molar-refractivity contribution in [2.75, 3.05) is 0 Å². The number of rotatable bonds is 1. The van der Waals surface area contributed by atoms with Crippen LogP contribution >= 0.6 is 11.6 Å². The van der Waals surface area contributed by atoms with Gasteiger partial charge in [-0.3, -0.25) is 0 Å². The third-order valence-corrected chi connectivity index (χ3v) is 2.93. The van der Waals surface area contributed by atoms with Crippen LogP contribution < -0.4 is 21.8 Å². The van der Waals surface area contributed by atoms with Gasteiger partial charge in [0.1, 0.15) is 0 Å². The van der Waals surface area contributed by atoms with Gasteiger partial charge in [-0.25, -0.2) is 0 Å². The Labute approximate surface area is 69.1 Å². The zero-order chi connectivity index (χ0) is 6.69. The molecule has 0 saturated carbocycles. The van der Waals surface area contributed by atoms with Crippen LogP contribution in [0.1, 0.15) is 0 Å². The molecule has 0 N–H and O–H groups in total. The molecular formula is C6H4ClFI-. The Morgan fingerprint density at radius 2 is 2.00 bits per heavy atom. The van der Waals surface area contributed by atoms with Gasteiger partial charge >= 0.3 is 69.1 Å². The molecule has 0 aliphatic carbocycles. The zero-order valence-corrected chi connectivity index (χ0v) is 7.36. The van der Waals surface area contributed by atoms with E-state index in [0.29, 0.717) is 8.59 Å². The fourth-order valence-corrected chi connectivity index (χ4v) is 1.53. The van der Waals surface area contributed by atoms with Crippen LogP contribution in [0.3, 0.4) is 0 Å². The standard InChI is InChI=1S/C6H4ClFI/c7-5-3-1-2-4-6(5)9-8/h1-4H/q-1. The van der Waals surface area contributed by atoms with Crippen molar-refractivity contribution in [1.29, 1.82) is 0 Å². The first kappa shape index (κ1) is 7.28. The van der Waals surface area contributed by atoms with Crippen LogP contribution in [0.25, 0.3) is 0 Å². The normalized spacial score (nSPS) is 10.0. The molecule has 0 nitrogen and oxygen atoms in total. The van der Waals surface area contributed by atoms with Crippen molar-refractivity contribution in [3.05, 3.63) is 32.9 Å². The average molecular weight is 257 g/mol. The van der Waals surface area contributed by atoms with Crippen LogP contribution in [0.4, 0.5) is 2.86 Å². The molecule has 0 radical (unpaired) electrons. The molecule has 3 heteroatoms. The van der Waals surface area contributed by atoms with Crippen molar-refractivity contribution < 1.29 is 24.6 Å². The molecular weight excluding hydrogens is 253 g/mol. The monoisotopic (exact) mass is 257 g/mol. The molecule has 0 bridgehead atoms. The topological polar surface area (TPSA) is 0 Å². The predicted molar refractivity (Wildman–Crippen MR) is 31.3 cm³/mol. The van der Waals surface area contributed by atoms with Crippen molar-refractivity contribution in [2.24, 2.45) is 0 Å². The van der Waals surface area contributed by atoms with Gasteiger partial charge in [0, 0.05) is 0 Å². The van der Waals surface area contributed by atoms with Gasteiger partial charge in [-0.1, -0.05) is 0 Å². The van der Waals surface area contributed by atoms with Crippen LogP contribution in [0.15, 0.2) is 24.3 Å². The van der Waals surface area contributed by atoms with Crippen molar-refractivity contribution >= 4 is 11.6 Å². The molecule has 0 spiro atoms. The fraction of sp³-hybridized carbons (Fsp3) is 0. The summed E-state index contributed by atoms with van der Waals surface area (Å²) in [6.45, 7) is 0. The molecule has 1 aromatic carbocycles. The molecule has 1 rings (SSSR count). The summed E-state index contributed by atoms with van der Waals surface area (Å²) in [4.78, 5) is 0. The summed E-state index contributed by atoms with van der Waals surface area (Å²) in [5, 5.41) is 0.549. The van der Waals surface area contributed by atoms with Gasteiger partial charge in [-0.05, 0) is 0 Å². The van der Waals surface area contributed by atoms with Crippen LogP contribution in [0.5, 0.6) is 0 Å². The maximum absolute atomic E-state index is 12.0. The quantitative estimate of drug-likeness (QED) is 0.594. The first-order valence-electron chi connectivity index (χ1n) is 2.35. The Morgan fingerprint density at radius 3 is 2.44 bits per heavy atom. The molecule has 0 saturated heterocycles. The van der Waals surface area contributed by atoms with E-state index in [2.05, 4.69) is 0 Å². The molecule has 0 aliphatic heterocycles. The van der Waals surface area contributed by atoms with Gasteiger partial charge in [0.25, 0.3) is 0 Å². The molecule has 1 aromatic rings. The van der Waals surface area contributed by atoms with Crippen LogP contribution in [0, 0.1) is 3.57 Å². The van der Waals surface area contributed by atoms with E-state index in [-0.39, 0.29) is 0 Å². The Bertz CT molecular complexity index is 202.